The largest absolute Gasteiger partial charge is 0.464 e. The van der Waals surface area contributed by atoms with Crippen molar-refractivity contribution in [1.29, 1.82) is 0 Å². The summed E-state index contributed by atoms with van der Waals surface area (Å²) in [5.41, 5.74) is 0.0925. The molecular weight excluding hydrogens is 620 g/mol. The highest BCUT2D eigenvalue weighted by Gasteiger charge is 2.36. The van der Waals surface area contributed by atoms with Crippen LogP contribution < -0.4 is 0 Å². The number of methoxy groups -OCH3 is 2. The number of nitrogens with zero attached hydrogens (tertiary/aromatic N) is 2. The van der Waals surface area contributed by atoms with Gasteiger partial charge in [0.25, 0.3) is 0 Å². The second-order valence-electron chi connectivity index (χ2n) is 13.2. The van der Waals surface area contributed by atoms with E-state index in [0.717, 1.165) is 11.1 Å². The van der Waals surface area contributed by atoms with Gasteiger partial charge in [-0.2, -0.15) is 0 Å². The monoisotopic (exact) mass is 672 g/mol. The third-order valence-electron chi connectivity index (χ3n) is 6.66. The van der Waals surface area contributed by atoms with Crippen LogP contribution in [0, 0.1) is 0 Å². The highest BCUT2D eigenvalue weighted by atomic mass is 16.6. The molecule has 0 N–H and O–H groups in total. The zero-order chi connectivity index (χ0) is 35.7. The first-order chi connectivity index (χ1) is 22.6. The normalized spacial score (nSPS) is 12.8. The molecule has 48 heavy (non-hydrogen) atoms. The molecule has 0 aliphatic heterocycles. The minimum Gasteiger partial charge on any atom is -0.464 e. The summed E-state index contributed by atoms with van der Waals surface area (Å²) in [5, 5.41) is 0. The van der Waals surface area contributed by atoms with E-state index in [1.807, 2.05) is 60.7 Å². The molecule has 266 valence electrons. The van der Waals surface area contributed by atoms with E-state index in [1.54, 1.807) is 41.5 Å². The molecule has 12 nitrogen and oxygen atoms in total. The van der Waals surface area contributed by atoms with E-state index in [4.69, 9.17) is 28.4 Å². The fraction of sp³-hybridized carbons (Fsp3) is 0.556. The number of rotatable bonds is 17. The maximum Gasteiger partial charge on any atom is 0.412 e. The summed E-state index contributed by atoms with van der Waals surface area (Å²) in [6.07, 6.45) is -0.256. The third-order valence-corrected chi connectivity index (χ3v) is 6.66. The molecular formula is C36H52N2O10. The van der Waals surface area contributed by atoms with Gasteiger partial charge in [-0.05, 0) is 65.5 Å². The van der Waals surface area contributed by atoms with Crippen LogP contribution in [0.15, 0.2) is 60.7 Å². The van der Waals surface area contributed by atoms with Gasteiger partial charge in [-0.1, -0.05) is 60.7 Å². The van der Waals surface area contributed by atoms with E-state index in [1.165, 1.54) is 24.0 Å². The van der Waals surface area contributed by atoms with Crippen molar-refractivity contribution in [2.24, 2.45) is 0 Å². The molecule has 0 saturated carbocycles. The van der Waals surface area contributed by atoms with Gasteiger partial charge >= 0.3 is 24.1 Å². The number of carbonyl (C=O) groups is 4. The molecule has 0 heterocycles. The van der Waals surface area contributed by atoms with Gasteiger partial charge in [0, 0.05) is 27.1 Å². The highest BCUT2D eigenvalue weighted by Crippen LogP contribution is 2.19. The molecule has 2 rings (SSSR count). The second-order valence-corrected chi connectivity index (χ2v) is 13.2. The number of hydrogen-bond acceptors (Lipinski definition) is 10. The number of unbranched alkanes of at least 4 members (excludes halogenated alkanes) is 1. The first-order valence-electron chi connectivity index (χ1n) is 16.0. The zero-order valence-electron chi connectivity index (χ0n) is 29.6. The van der Waals surface area contributed by atoms with Crippen LogP contribution in [0.4, 0.5) is 9.59 Å². The zero-order valence-corrected chi connectivity index (χ0v) is 29.6. The minimum atomic E-state index is -1.00. The van der Waals surface area contributed by atoms with Gasteiger partial charge in [-0.15, -0.1) is 0 Å². The van der Waals surface area contributed by atoms with Crippen molar-refractivity contribution in [3.05, 3.63) is 71.8 Å². The summed E-state index contributed by atoms with van der Waals surface area (Å²) < 4.78 is 32.8. The molecule has 2 aromatic carbocycles. The van der Waals surface area contributed by atoms with Crippen molar-refractivity contribution < 1.29 is 47.6 Å². The first kappa shape index (κ1) is 40.0. The lowest BCUT2D eigenvalue weighted by Crippen LogP contribution is -2.50. The minimum absolute atomic E-state index is 0.0258. The molecule has 0 bridgehead atoms. The van der Waals surface area contributed by atoms with Gasteiger partial charge in [0.05, 0.1) is 13.2 Å². The molecule has 0 aliphatic rings. The summed E-state index contributed by atoms with van der Waals surface area (Å²) in [6, 6.07) is 16.5. The highest BCUT2D eigenvalue weighted by molar-refractivity contribution is 5.82. The Kier molecular flexibility index (Phi) is 16.3. The van der Waals surface area contributed by atoms with E-state index in [0.29, 0.717) is 12.8 Å². The molecule has 0 saturated heterocycles. The van der Waals surface area contributed by atoms with Crippen LogP contribution >= 0.6 is 0 Å². The van der Waals surface area contributed by atoms with Gasteiger partial charge in [-0.25, -0.2) is 19.2 Å². The topological polar surface area (TPSA) is 130 Å². The Morgan fingerprint density at radius 1 is 0.583 bits per heavy atom. The molecule has 0 radical (unpaired) electrons. The third kappa shape index (κ3) is 14.7. The lowest BCUT2D eigenvalue weighted by Gasteiger charge is -2.32. The molecule has 2 atom stereocenters. The lowest BCUT2D eigenvalue weighted by atomic mass is 10.1. The van der Waals surface area contributed by atoms with E-state index in [-0.39, 0.29) is 39.5 Å². The summed E-state index contributed by atoms with van der Waals surface area (Å²) in [6.45, 7) is 10.1. The summed E-state index contributed by atoms with van der Waals surface area (Å²) >= 11 is 0. The van der Waals surface area contributed by atoms with Gasteiger partial charge < -0.3 is 28.4 Å². The van der Waals surface area contributed by atoms with E-state index >= 15 is 0 Å². The van der Waals surface area contributed by atoms with Gasteiger partial charge in [-0.3, -0.25) is 9.80 Å². The Morgan fingerprint density at radius 2 is 0.917 bits per heavy atom. The van der Waals surface area contributed by atoms with Crippen molar-refractivity contribution in [3.63, 3.8) is 0 Å². The first-order valence-corrected chi connectivity index (χ1v) is 16.0. The molecule has 0 aromatic heterocycles. The van der Waals surface area contributed by atoms with Crippen molar-refractivity contribution in [2.45, 2.75) is 90.5 Å². The van der Waals surface area contributed by atoms with Gasteiger partial charge in [0.2, 0.25) is 0 Å². The number of ether oxygens (including phenoxy) is 6. The SMILES string of the molecule is COCN(C(=O)OC(C)(C)C)[C@@H](Cc1ccccc1)C(=O)OCCCCOC(=O)[C@H](Cc1ccccc1)N(COC)C(=O)OC(C)(C)C. The van der Waals surface area contributed by atoms with Crippen LogP contribution in [0.5, 0.6) is 0 Å². The predicted molar refractivity (Wildman–Crippen MR) is 179 cm³/mol. The molecule has 0 unspecified atom stereocenters. The Morgan fingerprint density at radius 3 is 1.21 bits per heavy atom. The van der Waals surface area contributed by atoms with Crippen LogP contribution in [0.2, 0.25) is 0 Å². The van der Waals surface area contributed by atoms with Gasteiger partial charge in [0.15, 0.2) is 0 Å². The molecule has 2 amide bonds. The fourth-order valence-electron chi connectivity index (χ4n) is 4.52. The van der Waals surface area contributed by atoms with E-state index in [2.05, 4.69) is 0 Å². The Hall–Kier alpha value is -4.16. The Labute approximate surface area is 284 Å². The fourth-order valence-corrected chi connectivity index (χ4v) is 4.52. The molecule has 12 heteroatoms. The average Bonchev–Trinajstić information content (AvgIpc) is 3.01. The average molecular weight is 673 g/mol. The summed E-state index contributed by atoms with van der Waals surface area (Å²) in [4.78, 5) is 55.3. The van der Waals surface area contributed by atoms with Gasteiger partial charge in [0.1, 0.15) is 36.7 Å². The molecule has 0 spiro atoms. The lowest BCUT2D eigenvalue weighted by molar-refractivity contribution is -0.154. The van der Waals surface area contributed by atoms with Crippen LogP contribution in [0.3, 0.4) is 0 Å². The van der Waals surface area contributed by atoms with Crippen molar-refractivity contribution >= 4 is 24.1 Å². The van der Waals surface area contributed by atoms with Crippen molar-refractivity contribution in [2.75, 3.05) is 40.9 Å². The Bertz CT molecular complexity index is 1180. The summed E-state index contributed by atoms with van der Waals surface area (Å²) in [5.74, 6) is -1.23. The van der Waals surface area contributed by atoms with Crippen LogP contribution in [-0.4, -0.2) is 98.1 Å². The molecule has 0 aliphatic carbocycles. The Balaban J connectivity index is 2.05. The van der Waals surface area contributed by atoms with E-state index < -0.39 is 47.4 Å². The molecule has 2 aromatic rings. The standard InChI is InChI=1S/C36H52N2O10/c1-35(2,3)47-33(41)37(25-43-7)29(23-27-17-11-9-12-18-27)31(39)45-21-15-16-22-46-32(40)30(24-28-19-13-10-14-20-28)38(26-44-8)34(42)48-36(4,5)6/h9-14,17-20,29-30H,15-16,21-26H2,1-8H3/t29-,30-/m0/s1. The maximum atomic E-state index is 13.4. The smallest absolute Gasteiger partial charge is 0.412 e. The van der Waals surface area contributed by atoms with Crippen molar-refractivity contribution in [1.82, 2.24) is 9.80 Å². The predicted octanol–water partition coefficient (Wildman–Crippen LogP) is 5.76. The van der Waals surface area contributed by atoms with Crippen LogP contribution in [0.1, 0.15) is 65.5 Å². The van der Waals surface area contributed by atoms with Crippen LogP contribution in [0.25, 0.3) is 0 Å². The number of hydrogen-bond donors (Lipinski definition) is 0. The van der Waals surface area contributed by atoms with E-state index in [9.17, 15) is 19.2 Å². The maximum absolute atomic E-state index is 13.4. The van der Waals surface area contributed by atoms with Crippen LogP contribution in [-0.2, 0) is 50.9 Å². The number of amides is 2. The van der Waals surface area contributed by atoms with Crippen molar-refractivity contribution in [3.8, 4) is 0 Å². The summed E-state index contributed by atoms with van der Waals surface area (Å²) in [7, 11) is 2.85. The number of benzene rings is 2. The quantitative estimate of drug-likeness (QED) is 0.0885. The number of carbonyl (C=O) groups excluding carboxylic acids is 4. The molecule has 0 fully saturated rings. The second kappa shape index (κ2) is 19.6. The number of esters is 2.